The number of ether oxygens (including phenoxy) is 1. The van der Waals surface area contributed by atoms with Crippen LogP contribution in [0.3, 0.4) is 0 Å². The van der Waals surface area contributed by atoms with Crippen LogP contribution in [-0.2, 0) is 27.3 Å². The van der Waals surface area contributed by atoms with Gasteiger partial charge in [-0.1, -0.05) is 0 Å². The molecule has 2 aromatic rings. The molecule has 0 aliphatic carbocycles. The van der Waals surface area contributed by atoms with Crippen LogP contribution in [0.15, 0.2) is 16.9 Å². The molecule has 4 rings (SSSR count). The van der Waals surface area contributed by atoms with Gasteiger partial charge in [-0.15, -0.1) is 0 Å². The third-order valence-corrected chi connectivity index (χ3v) is 5.58. The van der Waals surface area contributed by atoms with E-state index in [0.29, 0.717) is 36.2 Å². The minimum atomic E-state index is -0.767. The highest BCUT2D eigenvalue weighted by molar-refractivity contribution is 5.99. The highest BCUT2D eigenvalue weighted by Crippen LogP contribution is 2.26. The Balaban J connectivity index is 1.72. The molecular weight excluding hydrogens is 400 g/mol. The Morgan fingerprint density at radius 1 is 1.16 bits per heavy atom. The maximum atomic E-state index is 13.3. The van der Waals surface area contributed by atoms with Gasteiger partial charge in [-0.25, -0.2) is 9.78 Å². The molecule has 0 bridgehead atoms. The lowest BCUT2D eigenvalue weighted by Gasteiger charge is -2.31. The second kappa shape index (κ2) is 7.47. The number of benzene rings is 1. The van der Waals surface area contributed by atoms with Crippen molar-refractivity contribution in [3.63, 3.8) is 0 Å². The Hall–Kier alpha value is -3.23. The fourth-order valence-corrected chi connectivity index (χ4v) is 4.14. The zero-order chi connectivity index (χ0) is 22.5. The van der Waals surface area contributed by atoms with Crippen molar-refractivity contribution >= 4 is 28.8 Å². The van der Waals surface area contributed by atoms with Gasteiger partial charge in [-0.3, -0.25) is 24.3 Å². The fourth-order valence-electron chi connectivity index (χ4n) is 4.14. The first kappa shape index (κ1) is 21.0. The molecule has 2 aliphatic heterocycles. The highest BCUT2D eigenvalue weighted by atomic mass is 16.6. The van der Waals surface area contributed by atoms with Gasteiger partial charge in [0.2, 0.25) is 11.8 Å². The zero-order valence-corrected chi connectivity index (χ0v) is 18.2. The summed E-state index contributed by atoms with van der Waals surface area (Å²) in [6.45, 7) is 8.02. The average Bonchev–Trinajstić information content (AvgIpc) is 2.66. The maximum absolute atomic E-state index is 13.3. The summed E-state index contributed by atoms with van der Waals surface area (Å²) in [5.74, 6) is -0.396. The number of nitrogens with zero attached hydrogens (tertiary/aromatic N) is 3. The number of rotatable bonds is 1. The van der Waals surface area contributed by atoms with Gasteiger partial charge in [-0.2, -0.15) is 0 Å². The molecule has 1 aromatic carbocycles. The zero-order valence-electron chi connectivity index (χ0n) is 18.2. The van der Waals surface area contributed by atoms with Crippen molar-refractivity contribution in [1.29, 1.82) is 0 Å². The molecule has 3 heterocycles. The number of nitrogens with one attached hydrogen (secondary N) is 1. The van der Waals surface area contributed by atoms with Gasteiger partial charge >= 0.3 is 6.09 Å². The Labute approximate surface area is 179 Å². The molecule has 9 heteroatoms. The van der Waals surface area contributed by atoms with Crippen LogP contribution >= 0.6 is 0 Å². The number of aromatic nitrogens is 2. The summed E-state index contributed by atoms with van der Waals surface area (Å²) in [6, 6.07) is 2.88. The quantitative estimate of drug-likeness (QED) is 0.698. The van der Waals surface area contributed by atoms with E-state index in [-0.39, 0.29) is 30.4 Å². The van der Waals surface area contributed by atoms with E-state index < -0.39 is 17.6 Å². The van der Waals surface area contributed by atoms with Gasteiger partial charge in [-0.05, 0) is 63.8 Å². The van der Waals surface area contributed by atoms with E-state index in [0.717, 1.165) is 11.1 Å². The summed E-state index contributed by atoms with van der Waals surface area (Å²) in [5, 5.41) is 2.68. The van der Waals surface area contributed by atoms with Crippen molar-refractivity contribution in [2.75, 3.05) is 6.54 Å². The molecule has 2 aliphatic rings. The van der Waals surface area contributed by atoms with Crippen molar-refractivity contribution in [3.05, 3.63) is 39.4 Å². The Morgan fingerprint density at radius 2 is 1.90 bits per heavy atom. The summed E-state index contributed by atoms with van der Waals surface area (Å²) in [7, 11) is 0. The first-order chi connectivity index (χ1) is 14.5. The van der Waals surface area contributed by atoms with Gasteiger partial charge in [0.15, 0.2) is 0 Å². The summed E-state index contributed by atoms with van der Waals surface area (Å²) in [4.78, 5) is 55.8. The molecule has 1 unspecified atom stereocenters. The number of carbonyl (C=O) groups excluding carboxylic acids is 3. The third-order valence-electron chi connectivity index (χ3n) is 5.58. The Morgan fingerprint density at radius 3 is 2.58 bits per heavy atom. The Bertz CT molecular complexity index is 1160. The molecule has 1 N–H and O–H groups in total. The topological polar surface area (TPSA) is 111 Å². The van der Waals surface area contributed by atoms with Gasteiger partial charge in [0.05, 0.1) is 10.9 Å². The maximum Gasteiger partial charge on any atom is 0.410 e. The molecule has 1 fully saturated rings. The van der Waals surface area contributed by atoms with Gasteiger partial charge in [0.25, 0.3) is 5.56 Å². The number of amides is 3. The monoisotopic (exact) mass is 426 g/mol. The number of hydrogen-bond donors (Lipinski definition) is 1. The average molecular weight is 426 g/mol. The summed E-state index contributed by atoms with van der Waals surface area (Å²) in [6.07, 6.45) is 0.688. The van der Waals surface area contributed by atoms with Crippen LogP contribution in [0.1, 0.15) is 56.6 Å². The molecule has 1 aromatic heterocycles. The number of carbonyl (C=O) groups is 3. The van der Waals surface area contributed by atoms with Crippen LogP contribution in [0, 0.1) is 6.92 Å². The number of hydrogen-bond acceptors (Lipinski definition) is 6. The van der Waals surface area contributed by atoms with Crippen LogP contribution in [0.5, 0.6) is 0 Å². The lowest BCUT2D eigenvalue weighted by molar-refractivity contribution is -0.135. The summed E-state index contributed by atoms with van der Waals surface area (Å²) in [5.41, 5.74) is 1.56. The second-order valence-electron chi connectivity index (χ2n) is 9.09. The first-order valence-corrected chi connectivity index (χ1v) is 10.4. The van der Waals surface area contributed by atoms with Crippen LogP contribution in [-0.4, -0.2) is 44.5 Å². The number of piperidine rings is 1. The van der Waals surface area contributed by atoms with Crippen molar-refractivity contribution < 1.29 is 19.1 Å². The van der Waals surface area contributed by atoms with E-state index >= 15 is 0 Å². The highest BCUT2D eigenvalue weighted by Gasteiger charge is 2.31. The van der Waals surface area contributed by atoms with Crippen molar-refractivity contribution in [2.24, 2.45) is 0 Å². The van der Waals surface area contributed by atoms with Gasteiger partial charge in [0.1, 0.15) is 17.5 Å². The number of fused-ring (bicyclic) bond motifs is 2. The predicted octanol–water partition coefficient (Wildman–Crippen LogP) is 1.98. The second-order valence-corrected chi connectivity index (χ2v) is 9.09. The molecule has 3 amide bonds. The van der Waals surface area contributed by atoms with Crippen LogP contribution in [0.2, 0.25) is 0 Å². The smallest absolute Gasteiger partial charge is 0.410 e. The lowest BCUT2D eigenvalue weighted by atomic mass is 9.97. The lowest BCUT2D eigenvalue weighted by Crippen LogP contribution is -2.45. The first-order valence-electron chi connectivity index (χ1n) is 10.4. The van der Waals surface area contributed by atoms with Crippen LogP contribution in [0.4, 0.5) is 4.79 Å². The molecule has 1 atom stereocenters. The van der Waals surface area contributed by atoms with E-state index in [1.165, 1.54) is 4.57 Å². The predicted molar refractivity (Wildman–Crippen MR) is 113 cm³/mol. The van der Waals surface area contributed by atoms with E-state index in [2.05, 4.69) is 10.3 Å². The van der Waals surface area contributed by atoms with E-state index in [1.807, 2.05) is 26.8 Å². The fraction of sp³-hybridized carbons (Fsp3) is 0.500. The normalized spacial score (nSPS) is 19.2. The molecule has 1 saturated heterocycles. The van der Waals surface area contributed by atoms with Gasteiger partial charge < -0.3 is 9.64 Å². The molecule has 164 valence electrons. The Kier molecular flexibility index (Phi) is 5.07. The molecule has 31 heavy (non-hydrogen) atoms. The third kappa shape index (κ3) is 4.04. The van der Waals surface area contributed by atoms with E-state index in [4.69, 9.17) is 4.74 Å². The van der Waals surface area contributed by atoms with Crippen molar-refractivity contribution in [1.82, 2.24) is 19.8 Å². The summed E-state index contributed by atoms with van der Waals surface area (Å²) >= 11 is 0. The molecular formula is C22H26N4O5. The molecule has 0 saturated carbocycles. The van der Waals surface area contributed by atoms with Crippen molar-refractivity contribution in [3.8, 4) is 0 Å². The largest absolute Gasteiger partial charge is 0.444 e. The minimum absolute atomic E-state index is 0.176. The molecule has 9 nitrogen and oxygen atoms in total. The molecule has 0 spiro atoms. The van der Waals surface area contributed by atoms with Crippen LogP contribution < -0.4 is 10.9 Å². The van der Waals surface area contributed by atoms with Crippen LogP contribution in [0.25, 0.3) is 10.9 Å². The van der Waals surface area contributed by atoms with E-state index in [9.17, 15) is 19.2 Å². The molecule has 0 radical (unpaired) electrons. The number of imide groups is 1. The van der Waals surface area contributed by atoms with Crippen molar-refractivity contribution in [2.45, 2.75) is 65.1 Å². The minimum Gasteiger partial charge on any atom is -0.444 e. The number of aryl methyl sites for hydroxylation is 1. The SMILES string of the molecule is Cc1nc2cc3c(cc2c(=O)n1C1CCC(=O)NC1=O)CN(C(=O)OC(C)(C)C)CC3. The van der Waals surface area contributed by atoms with E-state index in [1.54, 1.807) is 17.9 Å². The van der Waals surface area contributed by atoms with Gasteiger partial charge in [0, 0.05) is 19.5 Å². The summed E-state index contributed by atoms with van der Waals surface area (Å²) < 4.78 is 6.84. The standard InChI is InChI=1S/C22H26N4O5/c1-12-23-16-10-13-7-8-25(21(30)31-22(2,3)4)11-14(13)9-15(16)20(29)26(12)17-5-6-18(27)24-19(17)28/h9-10,17H,5-8,11H2,1-4H3,(H,24,27,28).